The molecular weight excluding hydrogens is 216 g/mol. The van der Waals surface area contributed by atoms with E-state index >= 15 is 0 Å². The van der Waals surface area contributed by atoms with Crippen molar-refractivity contribution in [3.05, 3.63) is 0 Å². The maximum Gasteiger partial charge on any atom is -0.0389 e. The average molecular weight is 255 g/mol. The minimum Gasteiger partial charge on any atom is -0.0654 e. The summed E-state index contributed by atoms with van der Waals surface area (Å²) in [6.07, 6.45) is 8.49. The van der Waals surface area contributed by atoms with Gasteiger partial charge in [0.1, 0.15) is 0 Å². The van der Waals surface area contributed by atoms with Gasteiger partial charge in [0.25, 0.3) is 0 Å². The van der Waals surface area contributed by atoms with Crippen LogP contribution in [0.25, 0.3) is 0 Å². The molecule has 0 spiro atoms. The van der Waals surface area contributed by atoms with Crippen molar-refractivity contribution in [3.63, 3.8) is 0 Å². The lowest BCUT2D eigenvalue weighted by molar-refractivity contribution is 0.209. The zero-order valence-electron chi connectivity index (χ0n) is 14.1. The fourth-order valence-electron chi connectivity index (χ4n) is 2.87. The standard InChI is InChI=1S/C18H38/c1-8-9-11-15(4)12-10-13-16(5)18(7)17(6)14(2)3/h14-18H,8-13H2,1-7H3. The lowest BCUT2D eigenvalue weighted by atomic mass is 9.77. The second-order valence-electron chi connectivity index (χ2n) is 7.12. The van der Waals surface area contributed by atoms with Gasteiger partial charge < -0.3 is 0 Å². The number of hydrogen-bond donors (Lipinski definition) is 0. The molecule has 0 saturated heterocycles. The highest BCUT2D eigenvalue weighted by Crippen LogP contribution is 2.30. The maximum absolute atomic E-state index is 2.46. The van der Waals surface area contributed by atoms with E-state index in [1.807, 2.05) is 0 Å². The molecule has 0 fully saturated rings. The third kappa shape index (κ3) is 7.44. The lowest BCUT2D eigenvalue weighted by Crippen LogP contribution is -2.21. The topological polar surface area (TPSA) is 0 Å². The zero-order valence-corrected chi connectivity index (χ0v) is 14.1. The van der Waals surface area contributed by atoms with Gasteiger partial charge in [-0.2, -0.15) is 0 Å². The third-order valence-corrected chi connectivity index (χ3v) is 5.19. The molecule has 4 unspecified atom stereocenters. The molecule has 0 aromatic rings. The molecule has 0 aliphatic carbocycles. The van der Waals surface area contributed by atoms with Gasteiger partial charge in [-0.25, -0.2) is 0 Å². The molecule has 0 heterocycles. The average Bonchev–Trinajstić information content (AvgIpc) is 2.34. The summed E-state index contributed by atoms with van der Waals surface area (Å²) in [5, 5.41) is 0. The Hall–Kier alpha value is 0. The van der Waals surface area contributed by atoms with Crippen molar-refractivity contribution in [2.75, 3.05) is 0 Å². The molecule has 4 atom stereocenters. The SMILES string of the molecule is CCCCC(C)CCCC(C)C(C)C(C)C(C)C. The second-order valence-corrected chi connectivity index (χ2v) is 7.12. The maximum atomic E-state index is 2.46. The molecule has 0 rings (SSSR count). The first-order valence-electron chi connectivity index (χ1n) is 8.40. The van der Waals surface area contributed by atoms with Crippen LogP contribution in [-0.2, 0) is 0 Å². The fraction of sp³-hybridized carbons (Fsp3) is 1.00. The Kier molecular flexibility index (Phi) is 9.87. The summed E-state index contributed by atoms with van der Waals surface area (Å²) in [6.45, 7) is 16.8. The summed E-state index contributed by atoms with van der Waals surface area (Å²) in [6, 6.07) is 0. The number of rotatable bonds is 10. The Balaban J connectivity index is 3.78. The monoisotopic (exact) mass is 254 g/mol. The molecule has 0 heteroatoms. The highest BCUT2D eigenvalue weighted by Gasteiger charge is 2.21. The lowest BCUT2D eigenvalue weighted by Gasteiger charge is -2.29. The molecule has 0 amide bonds. The normalized spacial score (nSPS) is 18.7. The predicted molar refractivity (Wildman–Crippen MR) is 84.9 cm³/mol. The van der Waals surface area contributed by atoms with E-state index in [0.717, 1.165) is 29.6 Å². The third-order valence-electron chi connectivity index (χ3n) is 5.19. The smallest absolute Gasteiger partial charge is 0.0389 e. The molecular formula is C18H38. The van der Waals surface area contributed by atoms with Gasteiger partial charge in [-0.3, -0.25) is 0 Å². The largest absolute Gasteiger partial charge is 0.0654 e. The van der Waals surface area contributed by atoms with Crippen molar-refractivity contribution in [2.24, 2.45) is 29.6 Å². The first-order valence-corrected chi connectivity index (χ1v) is 8.40. The fourth-order valence-corrected chi connectivity index (χ4v) is 2.87. The van der Waals surface area contributed by atoms with Crippen molar-refractivity contribution in [2.45, 2.75) is 87.0 Å². The van der Waals surface area contributed by atoms with Crippen LogP contribution in [0.2, 0.25) is 0 Å². The Morgan fingerprint density at radius 2 is 1.22 bits per heavy atom. The van der Waals surface area contributed by atoms with E-state index in [-0.39, 0.29) is 0 Å². The van der Waals surface area contributed by atoms with Gasteiger partial charge in [0.2, 0.25) is 0 Å². The van der Waals surface area contributed by atoms with Gasteiger partial charge in [-0.1, -0.05) is 87.0 Å². The quantitative estimate of drug-likeness (QED) is 0.415. The van der Waals surface area contributed by atoms with E-state index in [4.69, 9.17) is 0 Å². The van der Waals surface area contributed by atoms with Gasteiger partial charge in [0, 0.05) is 0 Å². The van der Waals surface area contributed by atoms with Crippen LogP contribution in [-0.4, -0.2) is 0 Å². The van der Waals surface area contributed by atoms with E-state index in [1.165, 1.54) is 38.5 Å². The molecule has 0 aromatic heterocycles. The minimum absolute atomic E-state index is 0.825. The summed E-state index contributed by atoms with van der Waals surface area (Å²) in [5.74, 6) is 4.38. The molecule has 110 valence electrons. The molecule has 0 aromatic carbocycles. The molecule has 18 heavy (non-hydrogen) atoms. The molecule has 0 aliphatic rings. The molecule has 0 aliphatic heterocycles. The minimum atomic E-state index is 0.825. The first kappa shape index (κ1) is 18.0. The predicted octanol–water partition coefficient (Wildman–Crippen LogP) is 6.55. The molecule has 0 radical (unpaired) electrons. The van der Waals surface area contributed by atoms with Gasteiger partial charge in [-0.15, -0.1) is 0 Å². The second kappa shape index (κ2) is 9.87. The van der Waals surface area contributed by atoms with Crippen LogP contribution in [0, 0.1) is 29.6 Å². The van der Waals surface area contributed by atoms with E-state index in [9.17, 15) is 0 Å². The molecule has 0 bridgehead atoms. The Labute approximate surface area is 117 Å². The highest BCUT2D eigenvalue weighted by molar-refractivity contribution is 4.71. The summed E-state index contributed by atoms with van der Waals surface area (Å²) in [5.41, 5.74) is 0. The van der Waals surface area contributed by atoms with Crippen molar-refractivity contribution in [1.29, 1.82) is 0 Å². The van der Waals surface area contributed by atoms with Crippen molar-refractivity contribution in [3.8, 4) is 0 Å². The number of unbranched alkanes of at least 4 members (excludes halogenated alkanes) is 1. The molecule has 0 N–H and O–H groups in total. The van der Waals surface area contributed by atoms with Crippen LogP contribution in [0.4, 0.5) is 0 Å². The summed E-state index contributed by atoms with van der Waals surface area (Å²) < 4.78 is 0. The van der Waals surface area contributed by atoms with Crippen molar-refractivity contribution in [1.82, 2.24) is 0 Å². The van der Waals surface area contributed by atoms with Gasteiger partial charge in [0.15, 0.2) is 0 Å². The van der Waals surface area contributed by atoms with Crippen LogP contribution in [0.15, 0.2) is 0 Å². The summed E-state index contributed by atoms with van der Waals surface area (Å²) in [7, 11) is 0. The van der Waals surface area contributed by atoms with Crippen LogP contribution in [0.1, 0.15) is 87.0 Å². The molecule has 0 nitrogen and oxygen atoms in total. The first-order chi connectivity index (χ1) is 8.40. The molecule has 0 saturated carbocycles. The van der Waals surface area contributed by atoms with Crippen LogP contribution in [0.5, 0.6) is 0 Å². The Morgan fingerprint density at radius 3 is 1.72 bits per heavy atom. The van der Waals surface area contributed by atoms with Gasteiger partial charge in [-0.05, 0) is 29.6 Å². The van der Waals surface area contributed by atoms with E-state index < -0.39 is 0 Å². The van der Waals surface area contributed by atoms with E-state index in [1.54, 1.807) is 0 Å². The van der Waals surface area contributed by atoms with E-state index in [0.29, 0.717) is 0 Å². The van der Waals surface area contributed by atoms with E-state index in [2.05, 4.69) is 48.5 Å². The van der Waals surface area contributed by atoms with Crippen LogP contribution in [0.3, 0.4) is 0 Å². The number of hydrogen-bond acceptors (Lipinski definition) is 0. The Morgan fingerprint density at radius 1 is 0.667 bits per heavy atom. The van der Waals surface area contributed by atoms with Crippen molar-refractivity contribution >= 4 is 0 Å². The zero-order chi connectivity index (χ0) is 14.1. The highest BCUT2D eigenvalue weighted by atomic mass is 14.3. The Bertz CT molecular complexity index is 182. The van der Waals surface area contributed by atoms with Crippen molar-refractivity contribution < 1.29 is 0 Å². The van der Waals surface area contributed by atoms with Gasteiger partial charge >= 0.3 is 0 Å². The summed E-state index contributed by atoms with van der Waals surface area (Å²) >= 11 is 0. The van der Waals surface area contributed by atoms with Crippen LogP contribution >= 0.6 is 0 Å². The summed E-state index contributed by atoms with van der Waals surface area (Å²) in [4.78, 5) is 0. The van der Waals surface area contributed by atoms with Gasteiger partial charge in [0.05, 0.1) is 0 Å². The van der Waals surface area contributed by atoms with Crippen LogP contribution < -0.4 is 0 Å².